The molecule has 4 heteroatoms. The van der Waals surface area contributed by atoms with Crippen LogP contribution in [0.4, 0.5) is 0 Å². The third kappa shape index (κ3) is 2.66. The molecule has 0 bridgehead atoms. The summed E-state index contributed by atoms with van der Waals surface area (Å²) in [6, 6.07) is 9.50. The molecule has 0 fully saturated rings. The van der Waals surface area contributed by atoms with Gasteiger partial charge in [-0.25, -0.2) is 0 Å². The second kappa shape index (κ2) is 5.69. The van der Waals surface area contributed by atoms with Gasteiger partial charge in [-0.05, 0) is 35.7 Å². The Bertz CT molecular complexity index is 490. The molecule has 2 rings (SSSR count). The maximum Gasteiger partial charge on any atom is 0.0934 e. The summed E-state index contributed by atoms with van der Waals surface area (Å²) in [6.07, 6.45) is 3.76. The molecule has 0 atom stereocenters. The predicted octanol–water partition coefficient (Wildman–Crippen LogP) is 2.51. The Balaban J connectivity index is 2.37. The highest BCUT2D eigenvalue weighted by Gasteiger charge is 2.31. The molecular formula is C14H15BrO3. The maximum atomic E-state index is 9.71. The number of halogens is 1. The van der Waals surface area contributed by atoms with Gasteiger partial charge >= 0.3 is 0 Å². The van der Waals surface area contributed by atoms with Crippen LogP contribution < -0.4 is 0 Å². The van der Waals surface area contributed by atoms with Crippen molar-refractivity contribution in [3.05, 3.63) is 58.5 Å². The van der Waals surface area contributed by atoms with Crippen molar-refractivity contribution in [2.45, 2.75) is 11.8 Å². The van der Waals surface area contributed by atoms with E-state index >= 15 is 0 Å². The SMILES string of the molecule is OCC(CO)(Cc1ccoc1)c1cccc(Br)c1. The molecule has 0 unspecified atom stereocenters. The van der Waals surface area contributed by atoms with E-state index in [1.807, 2.05) is 30.3 Å². The summed E-state index contributed by atoms with van der Waals surface area (Å²) >= 11 is 3.41. The van der Waals surface area contributed by atoms with E-state index in [0.717, 1.165) is 15.6 Å². The number of benzene rings is 1. The molecule has 2 N–H and O–H groups in total. The van der Waals surface area contributed by atoms with Gasteiger partial charge in [0.2, 0.25) is 0 Å². The van der Waals surface area contributed by atoms with Gasteiger partial charge in [-0.15, -0.1) is 0 Å². The quantitative estimate of drug-likeness (QED) is 0.892. The van der Waals surface area contributed by atoms with Crippen molar-refractivity contribution in [1.29, 1.82) is 0 Å². The summed E-state index contributed by atoms with van der Waals surface area (Å²) in [5.41, 5.74) is 1.18. The van der Waals surface area contributed by atoms with Crippen LogP contribution in [0.15, 0.2) is 51.7 Å². The van der Waals surface area contributed by atoms with Crippen LogP contribution in [0.2, 0.25) is 0 Å². The van der Waals surface area contributed by atoms with E-state index in [-0.39, 0.29) is 13.2 Å². The molecule has 18 heavy (non-hydrogen) atoms. The average molecular weight is 311 g/mol. The van der Waals surface area contributed by atoms with Crippen molar-refractivity contribution < 1.29 is 14.6 Å². The van der Waals surface area contributed by atoms with Gasteiger partial charge in [-0.3, -0.25) is 0 Å². The molecule has 0 aliphatic heterocycles. The van der Waals surface area contributed by atoms with Crippen molar-refractivity contribution in [2.24, 2.45) is 0 Å². The average Bonchev–Trinajstić information content (AvgIpc) is 2.89. The van der Waals surface area contributed by atoms with Gasteiger partial charge in [0.05, 0.1) is 25.7 Å². The lowest BCUT2D eigenvalue weighted by molar-refractivity contribution is 0.116. The highest BCUT2D eigenvalue weighted by Crippen LogP contribution is 2.30. The molecule has 3 nitrogen and oxygen atoms in total. The van der Waals surface area contributed by atoms with Crippen LogP contribution in [0, 0.1) is 0 Å². The second-order valence-electron chi connectivity index (χ2n) is 4.42. The summed E-state index contributed by atoms with van der Waals surface area (Å²) in [5, 5.41) is 19.4. The number of rotatable bonds is 5. The van der Waals surface area contributed by atoms with Gasteiger partial charge in [0.1, 0.15) is 0 Å². The van der Waals surface area contributed by atoms with Crippen LogP contribution in [0.5, 0.6) is 0 Å². The highest BCUT2D eigenvalue weighted by molar-refractivity contribution is 9.10. The summed E-state index contributed by atoms with van der Waals surface area (Å²) < 4.78 is 5.97. The van der Waals surface area contributed by atoms with Crippen molar-refractivity contribution in [3.63, 3.8) is 0 Å². The molecule has 96 valence electrons. The summed E-state index contributed by atoms with van der Waals surface area (Å²) in [4.78, 5) is 0. The standard InChI is InChI=1S/C14H15BrO3/c15-13-3-1-2-12(6-13)14(9-16,10-17)7-11-4-5-18-8-11/h1-6,8,16-17H,7,9-10H2. The smallest absolute Gasteiger partial charge is 0.0934 e. The molecule has 2 aromatic rings. The van der Waals surface area contributed by atoms with E-state index in [9.17, 15) is 10.2 Å². The Morgan fingerprint density at radius 3 is 2.50 bits per heavy atom. The summed E-state index contributed by atoms with van der Waals surface area (Å²) in [6.45, 7) is -0.240. The first-order valence-electron chi connectivity index (χ1n) is 5.69. The number of hydrogen-bond acceptors (Lipinski definition) is 3. The third-order valence-corrected chi connectivity index (χ3v) is 3.66. The Labute approximate surface area is 114 Å². The van der Waals surface area contributed by atoms with Crippen molar-refractivity contribution in [1.82, 2.24) is 0 Å². The third-order valence-electron chi connectivity index (χ3n) is 3.16. The minimum atomic E-state index is -0.687. The summed E-state index contributed by atoms with van der Waals surface area (Å²) in [5.74, 6) is 0. The molecule has 0 aliphatic carbocycles. The van der Waals surface area contributed by atoms with Crippen LogP contribution in [0.25, 0.3) is 0 Å². The fourth-order valence-electron chi connectivity index (χ4n) is 2.05. The highest BCUT2D eigenvalue weighted by atomic mass is 79.9. The van der Waals surface area contributed by atoms with E-state index in [2.05, 4.69) is 15.9 Å². The maximum absolute atomic E-state index is 9.71. The number of furan rings is 1. The molecule has 1 aromatic heterocycles. The number of hydrogen-bond donors (Lipinski definition) is 2. The van der Waals surface area contributed by atoms with Gasteiger partial charge in [0.25, 0.3) is 0 Å². The summed E-state index contributed by atoms with van der Waals surface area (Å²) in [7, 11) is 0. The zero-order chi connectivity index (χ0) is 13.0. The van der Waals surface area contributed by atoms with Gasteiger partial charge in [0, 0.05) is 9.89 Å². The van der Waals surface area contributed by atoms with Gasteiger partial charge in [-0.2, -0.15) is 0 Å². The topological polar surface area (TPSA) is 53.6 Å². The molecule has 0 amide bonds. The largest absolute Gasteiger partial charge is 0.472 e. The van der Waals surface area contributed by atoms with Crippen LogP contribution >= 0.6 is 15.9 Å². The Morgan fingerprint density at radius 2 is 1.94 bits per heavy atom. The first-order valence-corrected chi connectivity index (χ1v) is 6.48. The van der Waals surface area contributed by atoms with Crippen molar-refractivity contribution in [2.75, 3.05) is 13.2 Å². The Kier molecular flexibility index (Phi) is 4.22. The molecule has 0 saturated carbocycles. The van der Waals surface area contributed by atoms with E-state index < -0.39 is 5.41 Å². The number of aliphatic hydroxyl groups excluding tert-OH is 2. The fourth-order valence-corrected chi connectivity index (χ4v) is 2.45. The monoisotopic (exact) mass is 310 g/mol. The minimum Gasteiger partial charge on any atom is -0.472 e. The Morgan fingerprint density at radius 1 is 1.17 bits per heavy atom. The number of aliphatic hydroxyl groups is 2. The van der Waals surface area contributed by atoms with E-state index in [4.69, 9.17) is 4.42 Å². The fraction of sp³-hybridized carbons (Fsp3) is 0.286. The van der Waals surface area contributed by atoms with Crippen LogP contribution in [0.3, 0.4) is 0 Å². The molecule has 0 spiro atoms. The van der Waals surface area contributed by atoms with E-state index in [1.165, 1.54) is 0 Å². The zero-order valence-corrected chi connectivity index (χ0v) is 11.4. The minimum absolute atomic E-state index is 0.120. The van der Waals surface area contributed by atoms with E-state index in [1.54, 1.807) is 12.5 Å². The molecular weight excluding hydrogens is 296 g/mol. The second-order valence-corrected chi connectivity index (χ2v) is 5.33. The first-order chi connectivity index (χ1) is 8.70. The first kappa shape index (κ1) is 13.3. The normalized spacial score (nSPS) is 11.7. The molecule has 1 heterocycles. The van der Waals surface area contributed by atoms with Gasteiger partial charge in [-0.1, -0.05) is 28.1 Å². The Hall–Kier alpha value is -1.10. The lowest BCUT2D eigenvalue weighted by Gasteiger charge is -2.30. The van der Waals surface area contributed by atoms with Gasteiger partial charge < -0.3 is 14.6 Å². The molecule has 1 aromatic carbocycles. The lowest BCUT2D eigenvalue weighted by Crippen LogP contribution is -2.37. The van der Waals surface area contributed by atoms with Crippen LogP contribution in [-0.4, -0.2) is 23.4 Å². The van der Waals surface area contributed by atoms with Crippen LogP contribution in [-0.2, 0) is 11.8 Å². The molecule has 0 aliphatic rings. The van der Waals surface area contributed by atoms with Crippen molar-refractivity contribution in [3.8, 4) is 0 Å². The zero-order valence-electron chi connectivity index (χ0n) is 9.84. The molecule has 0 saturated heterocycles. The van der Waals surface area contributed by atoms with Gasteiger partial charge in [0.15, 0.2) is 0 Å². The van der Waals surface area contributed by atoms with Crippen LogP contribution in [0.1, 0.15) is 11.1 Å². The predicted molar refractivity (Wildman–Crippen MR) is 72.4 cm³/mol. The molecule has 0 radical (unpaired) electrons. The van der Waals surface area contributed by atoms with E-state index in [0.29, 0.717) is 6.42 Å². The van der Waals surface area contributed by atoms with Crippen molar-refractivity contribution >= 4 is 15.9 Å². The lowest BCUT2D eigenvalue weighted by atomic mass is 9.77.